The second-order valence-electron chi connectivity index (χ2n) is 4.64. The van der Waals surface area contributed by atoms with Gasteiger partial charge in [-0.3, -0.25) is 0 Å². The first kappa shape index (κ1) is 13.9. The van der Waals surface area contributed by atoms with Crippen molar-refractivity contribution in [2.24, 2.45) is 0 Å². The van der Waals surface area contributed by atoms with Gasteiger partial charge in [-0.25, -0.2) is 4.79 Å². The number of carbonyl (C=O) groups is 1. The summed E-state index contributed by atoms with van der Waals surface area (Å²) in [7, 11) is 0. The maximum absolute atomic E-state index is 12.5. The van der Waals surface area contributed by atoms with Gasteiger partial charge < -0.3 is 9.84 Å². The number of alkyl halides is 3. The number of carboxylic acids is 1. The largest absolute Gasteiger partial charge is 0.479 e. The Labute approximate surface area is 108 Å². The van der Waals surface area contributed by atoms with Crippen LogP contribution in [0.2, 0.25) is 0 Å². The minimum atomic E-state index is -4.35. The van der Waals surface area contributed by atoms with E-state index in [9.17, 15) is 18.0 Å². The van der Waals surface area contributed by atoms with Crippen LogP contribution < -0.4 is 0 Å². The number of epoxide rings is 1. The zero-order chi connectivity index (χ0) is 14.1. The molecule has 0 radical (unpaired) electrons. The first-order chi connectivity index (χ1) is 8.83. The highest BCUT2D eigenvalue weighted by Crippen LogP contribution is 2.33. The molecule has 1 aromatic carbocycles. The van der Waals surface area contributed by atoms with Crippen molar-refractivity contribution in [2.75, 3.05) is 6.61 Å². The standard InChI is InChI=1S/C13H13F3O3/c14-13(15,16)10-5-1-3-9(7-10)4-2-6-12(8-19-12)11(17)18/h1,3,5,7H,2,4,6,8H2,(H,17,18). The van der Waals surface area contributed by atoms with Gasteiger partial charge in [-0.2, -0.15) is 13.2 Å². The molecule has 1 saturated heterocycles. The smallest absolute Gasteiger partial charge is 0.416 e. The van der Waals surface area contributed by atoms with Crippen LogP contribution in [0.1, 0.15) is 24.0 Å². The average molecular weight is 274 g/mol. The molecule has 3 nitrogen and oxygen atoms in total. The number of ether oxygens (including phenoxy) is 1. The summed E-state index contributed by atoms with van der Waals surface area (Å²) in [5, 5.41) is 8.88. The monoisotopic (exact) mass is 274 g/mol. The first-order valence-electron chi connectivity index (χ1n) is 5.87. The maximum Gasteiger partial charge on any atom is 0.416 e. The Kier molecular flexibility index (Phi) is 3.54. The van der Waals surface area contributed by atoms with E-state index in [4.69, 9.17) is 9.84 Å². The topological polar surface area (TPSA) is 49.8 Å². The molecule has 1 fully saturated rings. The minimum Gasteiger partial charge on any atom is -0.479 e. The number of rotatable bonds is 5. The second kappa shape index (κ2) is 4.85. The summed E-state index contributed by atoms with van der Waals surface area (Å²) in [6, 6.07) is 5.09. The third-order valence-corrected chi connectivity index (χ3v) is 3.18. The van der Waals surface area contributed by atoms with Crippen LogP contribution in [0.15, 0.2) is 24.3 Å². The van der Waals surface area contributed by atoms with Crippen molar-refractivity contribution in [2.45, 2.75) is 31.0 Å². The van der Waals surface area contributed by atoms with E-state index in [0.29, 0.717) is 24.8 Å². The fraction of sp³-hybridized carbons (Fsp3) is 0.462. The van der Waals surface area contributed by atoms with Gasteiger partial charge in [-0.05, 0) is 30.9 Å². The van der Waals surface area contributed by atoms with E-state index in [1.165, 1.54) is 6.07 Å². The van der Waals surface area contributed by atoms with Crippen molar-refractivity contribution in [3.63, 3.8) is 0 Å². The SMILES string of the molecule is O=C(O)C1(CCCc2cccc(C(F)(F)F)c2)CO1. The zero-order valence-electron chi connectivity index (χ0n) is 10.0. The van der Waals surface area contributed by atoms with Crippen LogP contribution in [0, 0.1) is 0 Å². The Morgan fingerprint density at radius 1 is 1.42 bits per heavy atom. The van der Waals surface area contributed by atoms with Gasteiger partial charge in [0, 0.05) is 0 Å². The lowest BCUT2D eigenvalue weighted by Gasteiger charge is -2.09. The predicted octanol–water partition coefficient (Wildman–Crippen LogP) is 2.88. The van der Waals surface area contributed by atoms with Crippen LogP contribution >= 0.6 is 0 Å². The van der Waals surface area contributed by atoms with Crippen LogP contribution in [-0.4, -0.2) is 23.3 Å². The molecule has 0 saturated carbocycles. The van der Waals surface area contributed by atoms with E-state index in [-0.39, 0.29) is 6.61 Å². The van der Waals surface area contributed by atoms with Crippen LogP contribution in [0.3, 0.4) is 0 Å². The summed E-state index contributed by atoms with van der Waals surface area (Å²) in [6.45, 7) is 0.185. The van der Waals surface area contributed by atoms with Crippen molar-refractivity contribution in [3.8, 4) is 0 Å². The number of benzene rings is 1. The highest BCUT2D eigenvalue weighted by molar-refractivity contribution is 5.80. The van der Waals surface area contributed by atoms with Gasteiger partial charge in [0.2, 0.25) is 0 Å². The lowest BCUT2D eigenvalue weighted by molar-refractivity contribution is -0.143. The quantitative estimate of drug-likeness (QED) is 0.840. The van der Waals surface area contributed by atoms with E-state index in [1.807, 2.05) is 0 Å². The molecule has 1 heterocycles. The van der Waals surface area contributed by atoms with Crippen molar-refractivity contribution < 1.29 is 27.8 Å². The van der Waals surface area contributed by atoms with E-state index in [2.05, 4.69) is 0 Å². The minimum absolute atomic E-state index is 0.185. The van der Waals surface area contributed by atoms with Gasteiger partial charge in [0.1, 0.15) is 0 Å². The Bertz CT molecular complexity index is 478. The third kappa shape index (κ3) is 3.26. The molecule has 1 atom stereocenters. The van der Waals surface area contributed by atoms with E-state index >= 15 is 0 Å². The summed E-state index contributed by atoms with van der Waals surface area (Å²) in [6.07, 6.45) is -3.15. The van der Waals surface area contributed by atoms with Gasteiger partial charge in [-0.15, -0.1) is 0 Å². The Morgan fingerprint density at radius 3 is 2.63 bits per heavy atom. The molecule has 0 aromatic heterocycles. The number of halogens is 3. The molecule has 0 aliphatic carbocycles. The number of hydrogen-bond donors (Lipinski definition) is 1. The van der Waals surface area contributed by atoms with Gasteiger partial charge in [0.15, 0.2) is 5.60 Å². The van der Waals surface area contributed by atoms with Gasteiger partial charge in [-0.1, -0.05) is 18.2 Å². The van der Waals surface area contributed by atoms with E-state index in [1.54, 1.807) is 6.07 Å². The molecule has 1 unspecified atom stereocenters. The van der Waals surface area contributed by atoms with Crippen molar-refractivity contribution >= 4 is 5.97 Å². The summed E-state index contributed by atoms with van der Waals surface area (Å²) in [5.41, 5.74) is -1.22. The molecule has 6 heteroatoms. The van der Waals surface area contributed by atoms with Crippen molar-refractivity contribution in [3.05, 3.63) is 35.4 Å². The Hall–Kier alpha value is -1.56. The molecule has 19 heavy (non-hydrogen) atoms. The summed E-state index contributed by atoms with van der Waals surface area (Å²) in [4.78, 5) is 10.8. The molecular formula is C13H13F3O3. The van der Waals surface area contributed by atoms with E-state index < -0.39 is 23.3 Å². The van der Waals surface area contributed by atoms with E-state index in [0.717, 1.165) is 12.1 Å². The normalized spacial score (nSPS) is 22.3. The highest BCUT2D eigenvalue weighted by atomic mass is 19.4. The molecule has 1 aliphatic heterocycles. The summed E-state index contributed by atoms with van der Waals surface area (Å²) >= 11 is 0. The zero-order valence-corrected chi connectivity index (χ0v) is 10.0. The summed E-state index contributed by atoms with van der Waals surface area (Å²) in [5.74, 6) is -1.00. The lowest BCUT2D eigenvalue weighted by Crippen LogP contribution is -2.23. The first-order valence-corrected chi connectivity index (χ1v) is 5.87. The maximum atomic E-state index is 12.5. The summed E-state index contributed by atoms with van der Waals surface area (Å²) < 4.78 is 42.4. The molecule has 2 rings (SSSR count). The van der Waals surface area contributed by atoms with Crippen LogP contribution in [0.4, 0.5) is 13.2 Å². The molecule has 1 aliphatic rings. The van der Waals surface area contributed by atoms with Gasteiger partial charge >= 0.3 is 12.1 Å². The fourth-order valence-corrected chi connectivity index (χ4v) is 1.94. The van der Waals surface area contributed by atoms with Crippen molar-refractivity contribution in [1.29, 1.82) is 0 Å². The molecule has 0 amide bonds. The van der Waals surface area contributed by atoms with Crippen LogP contribution in [0.25, 0.3) is 0 Å². The number of aliphatic carboxylic acids is 1. The number of carboxylic acid groups (broad SMARTS) is 1. The lowest BCUT2D eigenvalue weighted by atomic mass is 9.99. The van der Waals surface area contributed by atoms with Crippen LogP contribution in [0.5, 0.6) is 0 Å². The number of aryl methyl sites for hydroxylation is 1. The Balaban J connectivity index is 1.92. The molecule has 0 bridgehead atoms. The molecule has 0 spiro atoms. The predicted molar refractivity (Wildman–Crippen MR) is 60.7 cm³/mol. The van der Waals surface area contributed by atoms with Gasteiger partial charge in [0.25, 0.3) is 0 Å². The molecule has 1 aromatic rings. The van der Waals surface area contributed by atoms with Gasteiger partial charge in [0.05, 0.1) is 12.2 Å². The van der Waals surface area contributed by atoms with Crippen molar-refractivity contribution in [1.82, 2.24) is 0 Å². The number of hydrogen-bond acceptors (Lipinski definition) is 2. The fourth-order valence-electron chi connectivity index (χ4n) is 1.94. The molecule has 1 N–H and O–H groups in total. The second-order valence-corrected chi connectivity index (χ2v) is 4.64. The van der Waals surface area contributed by atoms with Crippen LogP contribution in [-0.2, 0) is 22.1 Å². The Morgan fingerprint density at radius 2 is 2.11 bits per heavy atom. The third-order valence-electron chi connectivity index (χ3n) is 3.18. The molecule has 104 valence electrons. The average Bonchev–Trinajstić information content (AvgIpc) is 3.09. The molecular weight excluding hydrogens is 261 g/mol. The highest BCUT2D eigenvalue weighted by Gasteiger charge is 2.51.